The highest BCUT2D eigenvalue weighted by atomic mass is 16.5. The van der Waals surface area contributed by atoms with Gasteiger partial charge < -0.3 is 24.4 Å². The molecule has 0 aliphatic carbocycles. The van der Waals surface area contributed by atoms with Crippen molar-refractivity contribution < 1.29 is 23.4 Å². The Morgan fingerprint density at radius 2 is 1.82 bits per heavy atom. The molecule has 1 aliphatic rings. The SMILES string of the molecule is CCCCOc1ccc(C2C(C#N)=C(N)Oc3cc(OC(=O)c4oc5ccc(CC)cc5c4C)ccc32)cc1. The number of carbonyl (C=O) groups excluding carboxylic acids is 1. The summed E-state index contributed by atoms with van der Waals surface area (Å²) in [6, 6.07) is 20.8. The van der Waals surface area contributed by atoms with Gasteiger partial charge in [-0.3, -0.25) is 0 Å². The van der Waals surface area contributed by atoms with Crippen molar-refractivity contribution in [3.63, 3.8) is 0 Å². The molecule has 0 radical (unpaired) electrons. The van der Waals surface area contributed by atoms with Crippen LogP contribution in [0.25, 0.3) is 11.0 Å². The van der Waals surface area contributed by atoms with Crippen LogP contribution < -0.4 is 19.9 Å². The molecule has 1 aromatic heterocycles. The van der Waals surface area contributed by atoms with Crippen LogP contribution in [-0.4, -0.2) is 12.6 Å². The van der Waals surface area contributed by atoms with Gasteiger partial charge in [-0.1, -0.05) is 44.5 Å². The monoisotopic (exact) mass is 522 g/mol. The molecule has 0 spiro atoms. The Labute approximate surface area is 227 Å². The average Bonchev–Trinajstić information content (AvgIpc) is 3.28. The Hall–Kier alpha value is -4.70. The highest BCUT2D eigenvalue weighted by Gasteiger charge is 2.31. The fourth-order valence-electron chi connectivity index (χ4n) is 4.77. The fourth-order valence-corrected chi connectivity index (χ4v) is 4.77. The Morgan fingerprint density at radius 1 is 1.05 bits per heavy atom. The summed E-state index contributed by atoms with van der Waals surface area (Å²) in [6.07, 6.45) is 2.93. The van der Waals surface area contributed by atoms with Crippen molar-refractivity contribution in [1.82, 2.24) is 0 Å². The number of ether oxygens (including phenoxy) is 3. The maximum Gasteiger partial charge on any atom is 0.379 e. The molecule has 7 heteroatoms. The first-order valence-corrected chi connectivity index (χ1v) is 13.1. The van der Waals surface area contributed by atoms with Crippen LogP contribution in [0, 0.1) is 18.3 Å². The first kappa shape index (κ1) is 25.9. The summed E-state index contributed by atoms with van der Waals surface area (Å²) in [7, 11) is 0. The van der Waals surface area contributed by atoms with E-state index in [0.717, 1.165) is 52.7 Å². The van der Waals surface area contributed by atoms with E-state index in [2.05, 4.69) is 19.9 Å². The van der Waals surface area contributed by atoms with Gasteiger partial charge in [0.15, 0.2) is 0 Å². The molecule has 7 nitrogen and oxygen atoms in total. The number of allylic oxidation sites excluding steroid dienone is 1. The molecule has 0 fully saturated rings. The van der Waals surface area contributed by atoms with E-state index in [1.807, 2.05) is 49.4 Å². The number of benzene rings is 3. The molecular weight excluding hydrogens is 492 g/mol. The predicted molar refractivity (Wildman–Crippen MR) is 148 cm³/mol. The van der Waals surface area contributed by atoms with Crippen molar-refractivity contribution in [2.75, 3.05) is 6.61 Å². The zero-order valence-corrected chi connectivity index (χ0v) is 22.2. The second kappa shape index (κ2) is 11.0. The number of aryl methyl sites for hydroxylation is 2. The number of hydrogen-bond donors (Lipinski definition) is 1. The number of furan rings is 1. The summed E-state index contributed by atoms with van der Waals surface area (Å²) in [6.45, 7) is 6.69. The Kier molecular flexibility index (Phi) is 7.29. The van der Waals surface area contributed by atoms with E-state index in [1.165, 1.54) is 0 Å². The summed E-state index contributed by atoms with van der Waals surface area (Å²) >= 11 is 0. The lowest BCUT2D eigenvalue weighted by molar-refractivity contribution is 0.0702. The van der Waals surface area contributed by atoms with Gasteiger partial charge in [0.2, 0.25) is 11.6 Å². The molecule has 1 unspecified atom stereocenters. The minimum Gasteiger partial charge on any atom is -0.494 e. The third-order valence-corrected chi connectivity index (χ3v) is 6.98. The van der Waals surface area contributed by atoms with Gasteiger partial charge >= 0.3 is 5.97 Å². The predicted octanol–water partition coefficient (Wildman–Crippen LogP) is 6.92. The third-order valence-electron chi connectivity index (χ3n) is 6.98. The summed E-state index contributed by atoms with van der Waals surface area (Å²) in [5, 5.41) is 10.8. The van der Waals surface area contributed by atoms with Crippen molar-refractivity contribution >= 4 is 16.9 Å². The van der Waals surface area contributed by atoms with Crippen LogP contribution in [0.3, 0.4) is 0 Å². The summed E-state index contributed by atoms with van der Waals surface area (Å²) in [4.78, 5) is 13.1. The Bertz CT molecular complexity index is 1610. The zero-order valence-electron chi connectivity index (χ0n) is 22.2. The Morgan fingerprint density at radius 3 is 2.54 bits per heavy atom. The van der Waals surface area contributed by atoms with Crippen LogP contribution in [0.1, 0.15) is 65.4 Å². The van der Waals surface area contributed by atoms with E-state index in [4.69, 9.17) is 24.4 Å². The number of nitrogens with two attached hydrogens (primary N) is 1. The van der Waals surface area contributed by atoms with Crippen LogP contribution in [0.2, 0.25) is 0 Å². The number of nitrogens with zero attached hydrogens (tertiary/aromatic N) is 1. The molecule has 0 saturated carbocycles. The molecule has 0 bridgehead atoms. The highest BCUT2D eigenvalue weighted by Crippen LogP contribution is 2.43. The first-order chi connectivity index (χ1) is 18.9. The molecule has 0 saturated heterocycles. The van der Waals surface area contributed by atoms with Crippen molar-refractivity contribution in [1.29, 1.82) is 5.26 Å². The lowest BCUT2D eigenvalue weighted by Crippen LogP contribution is -2.21. The summed E-state index contributed by atoms with van der Waals surface area (Å²) < 4.78 is 23.1. The van der Waals surface area contributed by atoms with Gasteiger partial charge in [-0.05, 0) is 61.2 Å². The van der Waals surface area contributed by atoms with E-state index in [-0.39, 0.29) is 17.4 Å². The number of fused-ring (bicyclic) bond motifs is 2. The third kappa shape index (κ3) is 5.06. The maximum absolute atomic E-state index is 13.1. The number of rotatable bonds is 8. The number of unbranched alkanes of at least 4 members (excludes halogenated alkanes) is 1. The molecule has 5 rings (SSSR count). The largest absolute Gasteiger partial charge is 0.494 e. The number of esters is 1. The summed E-state index contributed by atoms with van der Waals surface area (Å²) in [5.74, 6) is 0.596. The van der Waals surface area contributed by atoms with Gasteiger partial charge in [0.05, 0.1) is 12.5 Å². The second-order valence-electron chi connectivity index (χ2n) is 9.53. The molecule has 39 heavy (non-hydrogen) atoms. The van der Waals surface area contributed by atoms with Gasteiger partial charge in [-0.25, -0.2) is 4.79 Å². The number of hydrogen-bond acceptors (Lipinski definition) is 7. The molecular formula is C32H30N2O5. The minimum absolute atomic E-state index is 0.0154. The van der Waals surface area contributed by atoms with E-state index in [0.29, 0.717) is 23.5 Å². The zero-order chi connectivity index (χ0) is 27.5. The molecule has 1 aliphatic heterocycles. The number of nitriles is 1. The summed E-state index contributed by atoms with van der Waals surface area (Å²) in [5.41, 5.74) is 10.6. The van der Waals surface area contributed by atoms with Crippen LogP contribution in [0.5, 0.6) is 17.2 Å². The quantitative estimate of drug-likeness (QED) is 0.152. The smallest absolute Gasteiger partial charge is 0.379 e. The molecule has 198 valence electrons. The lowest BCUT2D eigenvalue weighted by atomic mass is 9.83. The minimum atomic E-state index is -0.603. The first-order valence-electron chi connectivity index (χ1n) is 13.1. The van der Waals surface area contributed by atoms with Gasteiger partial charge in [-0.2, -0.15) is 5.26 Å². The van der Waals surface area contributed by atoms with Crippen molar-refractivity contribution in [2.24, 2.45) is 5.73 Å². The molecule has 3 aromatic carbocycles. The second-order valence-corrected chi connectivity index (χ2v) is 9.53. The van der Waals surface area contributed by atoms with Gasteiger partial charge in [0, 0.05) is 22.6 Å². The van der Waals surface area contributed by atoms with Gasteiger partial charge in [0.25, 0.3) is 0 Å². The van der Waals surface area contributed by atoms with Crippen LogP contribution in [-0.2, 0) is 6.42 Å². The molecule has 0 amide bonds. The van der Waals surface area contributed by atoms with E-state index < -0.39 is 11.9 Å². The topological polar surface area (TPSA) is 108 Å². The van der Waals surface area contributed by atoms with E-state index in [9.17, 15) is 10.1 Å². The van der Waals surface area contributed by atoms with Crippen molar-refractivity contribution in [2.45, 2.75) is 46.0 Å². The maximum atomic E-state index is 13.1. The van der Waals surface area contributed by atoms with Crippen LogP contribution in [0.15, 0.2) is 76.5 Å². The van der Waals surface area contributed by atoms with Crippen molar-refractivity contribution in [3.8, 4) is 23.3 Å². The van der Waals surface area contributed by atoms with E-state index in [1.54, 1.807) is 18.2 Å². The molecule has 2 heterocycles. The number of carbonyl (C=O) groups is 1. The van der Waals surface area contributed by atoms with Crippen LogP contribution >= 0.6 is 0 Å². The molecule has 2 N–H and O–H groups in total. The Balaban J connectivity index is 1.42. The van der Waals surface area contributed by atoms with Gasteiger partial charge in [-0.15, -0.1) is 0 Å². The van der Waals surface area contributed by atoms with Crippen LogP contribution in [0.4, 0.5) is 0 Å². The lowest BCUT2D eigenvalue weighted by Gasteiger charge is -2.26. The average molecular weight is 523 g/mol. The van der Waals surface area contributed by atoms with Gasteiger partial charge in [0.1, 0.15) is 34.5 Å². The van der Waals surface area contributed by atoms with E-state index >= 15 is 0 Å². The standard InChI is InChI=1S/C32H30N2O5/c1-4-6-15-36-22-10-8-21(9-11-22)29-24-13-12-23(17-28(24)39-31(34)26(29)18-33)37-32(35)30-19(3)25-16-20(5-2)7-14-27(25)38-30/h7-14,16-17,29H,4-6,15,34H2,1-3H3. The molecule has 1 atom stereocenters. The van der Waals surface area contributed by atoms with Crippen molar-refractivity contribution in [3.05, 3.63) is 100 Å². The normalized spacial score (nSPS) is 14.5. The molecule has 4 aromatic rings. The highest BCUT2D eigenvalue weighted by molar-refractivity contribution is 5.97. The fraction of sp³-hybridized carbons (Fsp3) is 0.250.